The summed E-state index contributed by atoms with van der Waals surface area (Å²) in [5.41, 5.74) is 8.32. The van der Waals surface area contributed by atoms with Crippen LogP contribution in [0.15, 0.2) is 54.6 Å². The van der Waals surface area contributed by atoms with Gasteiger partial charge < -0.3 is 15.6 Å². The van der Waals surface area contributed by atoms with Crippen molar-refractivity contribution in [1.82, 2.24) is 0 Å². The van der Waals surface area contributed by atoms with Crippen LogP contribution in [0.4, 0.5) is 10.5 Å². The van der Waals surface area contributed by atoms with Gasteiger partial charge >= 0.3 is 6.16 Å². The van der Waals surface area contributed by atoms with E-state index in [0.29, 0.717) is 5.69 Å². The van der Waals surface area contributed by atoms with Crippen molar-refractivity contribution in [2.75, 3.05) is 12.3 Å². The molecule has 0 spiro atoms. The fraction of sp³-hybridized carbons (Fsp3) is 0.133. The number of benzene rings is 2. The zero-order chi connectivity index (χ0) is 13.7. The molecule has 2 rings (SSSR count). The molecule has 0 aromatic heterocycles. The summed E-state index contributed by atoms with van der Waals surface area (Å²) >= 11 is 0. The third kappa shape index (κ3) is 3.48. The van der Waals surface area contributed by atoms with Crippen molar-refractivity contribution in [3.8, 4) is 0 Å². The number of anilines is 1. The summed E-state index contributed by atoms with van der Waals surface area (Å²) in [6, 6.07) is 17.0. The molecule has 0 bridgehead atoms. The molecule has 0 heterocycles. The molecular weight excluding hydrogens is 242 g/mol. The van der Waals surface area contributed by atoms with Crippen LogP contribution in [-0.2, 0) is 4.74 Å². The fourth-order valence-corrected chi connectivity index (χ4v) is 1.95. The third-order valence-electron chi connectivity index (χ3n) is 2.91. The lowest BCUT2D eigenvalue weighted by Gasteiger charge is -2.17. The maximum Gasteiger partial charge on any atom is 0.505 e. The van der Waals surface area contributed by atoms with E-state index in [0.717, 1.165) is 11.1 Å². The van der Waals surface area contributed by atoms with E-state index in [1.165, 1.54) is 0 Å². The first-order valence-electron chi connectivity index (χ1n) is 5.93. The zero-order valence-electron chi connectivity index (χ0n) is 10.3. The van der Waals surface area contributed by atoms with Gasteiger partial charge in [0.2, 0.25) is 0 Å². The molecule has 0 amide bonds. The molecule has 19 heavy (non-hydrogen) atoms. The van der Waals surface area contributed by atoms with E-state index in [4.69, 9.17) is 15.6 Å². The van der Waals surface area contributed by atoms with Gasteiger partial charge in [-0.15, -0.1) is 0 Å². The summed E-state index contributed by atoms with van der Waals surface area (Å²) in [4.78, 5) is 10.6. The molecule has 0 aliphatic rings. The van der Waals surface area contributed by atoms with Crippen LogP contribution in [0.5, 0.6) is 0 Å². The SMILES string of the molecule is Nc1ccc(C(COC(=O)O)c2ccccc2)cc1. The molecule has 1 atom stereocenters. The summed E-state index contributed by atoms with van der Waals surface area (Å²) in [6.45, 7) is 0.0866. The Bertz CT molecular complexity index is 537. The van der Waals surface area contributed by atoms with E-state index in [2.05, 4.69) is 0 Å². The highest BCUT2D eigenvalue weighted by Gasteiger charge is 2.16. The van der Waals surface area contributed by atoms with Crippen LogP contribution in [0.1, 0.15) is 17.0 Å². The Kier molecular flexibility index (Phi) is 4.03. The predicted molar refractivity (Wildman–Crippen MR) is 73.1 cm³/mol. The first-order valence-corrected chi connectivity index (χ1v) is 5.93. The summed E-state index contributed by atoms with van der Waals surface area (Å²) in [5, 5.41) is 8.66. The van der Waals surface area contributed by atoms with E-state index in [-0.39, 0.29) is 12.5 Å². The molecule has 2 aromatic carbocycles. The molecule has 0 saturated heterocycles. The highest BCUT2D eigenvalue weighted by Crippen LogP contribution is 2.25. The number of rotatable bonds is 4. The predicted octanol–water partition coefficient (Wildman–Crippen LogP) is 3.10. The van der Waals surface area contributed by atoms with Crippen molar-refractivity contribution in [2.45, 2.75) is 5.92 Å². The number of carbonyl (C=O) groups is 1. The monoisotopic (exact) mass is 257 g/mol. The number of carboxylic acid groups (broad SMARTS) is 1. The third-order valence-corrected chi connectivity index (χ3v) is 2.91. The van der Waals surface area contributed by atoms with Gasteiger partial charge in [0.05, 0.1) is 0 Å². The topological polar surface area (TPSA) is 72.5 Å². The van der Waals surface area contributed by atoms with Crippen LogP contribution in [0.3, 0.4) is 0 Å². The summed E-state index contributed by atoms with van der Waals surface area (Å²) in [6.07, 6.45) is -1.27. The Labute approximate surface area is 111 Å². The molecule has 98 valence electrons. The quantitative estimate of drug-likeness (QED) is 0.652. The largest absolute Gasteiger partial charge is 0.505 e. The Morgan fingerprint density at radius 3 is 2.21 bits per heavy atom. The van der Waals surface area contributed by atoms with Gasteiger partial charge in [0, 0.05) is 11.6 Å². The molecule has 4 heteroatoms. The van der Waals surface area contributed by atoms with Gasteiger partial charge in [0.25, 0.3) is 0 Å². The Morgan fingerprint density at radius 1 is 1.05 bits per heavy atom. The Hall–Kier alpha value is -2.49. The Morgan fingerprint density at radius 2 is 1.63 bits per heavy atom. The Balaban J connectivity index is 2.28. The first-order chi connectivity index (χ1) is 9.16. The summed E-state index contributed by atoms with van der Waals surface area (Å²) in [7, 11) is 0. The highest BCUT2D eigenvalue weighted by molar-refractivity contribution is 5.57. The zero-order valence-corrected chi connectivity index (χ0v) is 10.3. The minimum absolute atomic E-state index is 0.0866. The van der Waals surface area contributed by atoms with Gasteiger partial charge in [-0.2, -0.15) is 0 Å². The maximum absolute atomic E-state index is 10.6. The van der Waals surface area contributed by atoms with E-state index >= 15 is 0 Å². The van der Waals surface area contributed by atoms with E-state index in [9.17, 15) is 4.79 Å². The van der Waals surface area contributed by atoms with Crippen LogP contribution < -0.4 is 5.73 Å². The molecule has 4 nitrogen and oxygen atoms in total. The van der Waals surface area contributed by atoms with E-state index < -0.39 is 6.16 Å². The lowest BCUT2D eigenvalue weighted by atomic mass is 9.92. The molecule has 2 aromatic rings. The van der Waals surface area contributed by atoms with Crippen LogP contribution >= 0.6 is 0 Å². The van der Waals surface area contributed by atoms with Gasteiger partial charge in [-0.1, -0.05) is 42.5 Å². The van der Waals surface area contributed by atoms with Crippen LogP contribution in [-0.4, -0.2) is 17.9 Å². The first kappa shape index (κ1) is 13.0. The number of hydrogen-bond acceptors (Lipinski definition) is 3. The highest BCUT2D eigenvalue weighted by atomic mass is 16.7. The average molecular weight is 257 g/mol. The number of nitrogen functional groups attached to an aromatic ring is 1. The minimum Gasteiger partial charge on any atom is -0.450 e. The summed E-state index contributed by atoms with van der Waals surface area (Å²) in [5.74, 6) is -0.127. The van der Waals surface area contributed by atoms with Gasteiger partial charge in [-0.3, -0.25) is 0 Å². The molecule has 1 unspecified atom stereocenters. The van der Waals surface area contributed by atoms with E-state index in [1.807, 2.05) is 42.5 Å². The number of nitrogens with two attached hydrogens (primary N) is 1. The molecule has 0 radical (unpaired) electrons. The second kappa shape index (κ2) is 5.91. The second-order valence-corrected chi connectivity index (χ2v) is 4.21. The fourth-order valence-electron chi connectivity index (χ4n) is 1.95. The van der Waals surface area contributed by atoms with Crippen molar-refractivity contribution in [3.63, 3.8) is 0 Å². The van der Waals surface area contributed by atoms with Crippen LogP contribution in [0.25, 0.3) is 0 Å². The van der Waals surface area contributed by atoms with E-state index in [1.54, 1.807) is 12.1 Å². The van der Waals surface area contributed by atoms with Crippen LogP contribution in [0.2, 0.25) is 0 Å². The van der Waals surface area contributed by atoms with Crippen molar-refractivity contribution < 1.29 is 14.6 Å². The molecule has 0 fully saturated rings. The van der Waals surface area contributed by atoms with Crippen molar-refractivity contribution in [3.05, 3.63) is 65.7 Å². The average Bonchev–Trinajstić information content (AvgIpc) is 2.42. The lowest BCUT2D eigenvalue weighted by Crippen LogP contribution is -2.12. The molecular formula is C15H15NO3. The van der Waals surface area contributed by atoms with Gasteiger partial charge in [0.1, 0.15) is 6.61 Å². The normalized spacial score (nSPS) is 11.8. The molecule has 0 saturated carbocycles. The standard InChI is InChI=1S/C15H15NO3/c16-13-8-6-12(7-9-13)14(10-19-15(17)18)11-4-2-1-3-5-11/h1-9,14H,10,16H2,(H,17,18). The number of ether oxygens (including phenoxy) is 1. The number of hydrogen-bond donors (Lipinski definition) is 2. The summed E-state index contributed by atoms with van der Waals surface area (Å²) < 4.78 is 4.73. The maximum atomic E-state index is 10.6. The van der Waals surface area contributed by atoms with Gasteiger partial charge in [-0.25, -0.2) is 4.79 Å². The van der Waals surface area contributed by atoms with Crippen LogP contribution in [0, 0.1) is 0 Å². The van der Waals surface area contributed by atoms with Gasteiger partial charge in [0.15, 0.2) is 0 Å². The van der Waals surface area contributed by atoms with Gasteiger partial charge in [-0.05, 0) is 23.3 Å². The molecule has 3 N–H and O–H groups in total. The van der Waals surface area contributed by atoms with Crippen molar-refractivity contribution in [2.24, 2.45) is 0 Å². The van der Waals surface area contributed by atoms with Crippen molar-refractivity contribution in [1.29, 1.82) is 0 Å². The smallest absolute Gasteiger partial charge is 0.450 e. The molecule has 0 aliphatic heterocycles. The van der Waals surface area contributed by atoms with Crippen molar-refractivity contribution >= 4 is 11.8 Å². The lowest BCUT2D eigenvalue weighted by molar-refractivity contribution is 0.0889. The minimum atomic E-state index is -1.27. The molecule has 0 aliphatic carbocycles. The second-order valence-electron chi connectivity index (χ2n) is 4.21.